The lowest BCUT2D eigenvalue weighted by Gasteiger charge is -2.22. The second-order valence-electron chi connectivity index (χ2n) is 4.57. The van der Waals surface area contributed by atoms with Gasteiger partial charge in [-0.3, -0.25) is 0 Å². The molecule has 0 N–H and O–H groups in total. The summed E-state index contributed by atoms with van der Waals surface area (Å²) in [4.78, 5) is 0. The second kappa shape index (κ2) is 5.16. The minimum atomic E-state index is 0.823. The molecule has 0 radical (unpaired) electrons. The summed E-state index contributed by atoms with van der Waals surface area (Å²) in [6, 6.07) is 9.07. The van der Waals surface area contributed by atoms with E-state index in [1.54, 1.807) is 5.56 Å². The van der Waals surface area contributed by atoms with E-state index in [1.165, 1.54) is 37.7 Å². The minimum absolute atomic E-state index is 0.823. The second-order valence-corrected chi connectivity index (χ2v) is 4.57. The molecule has 1 saturated carbocycles. The largest absolute Gasteiger partial charge is 0.103 e. The first-order chi connectivity index (χ1) is 7.40. The van der Waals surface area contributed by atoms with Crippen molar-refractivity contribution in [3.05, 3.63) is 48.0 Å². The number of rotatable bonds is 3. The van der Waals surface area contributed by atoms with E-state index in [-0.39, 0.29) is 0 Å². The quantitative estimate of drug-likeness (QED) is 0.632. The summed E-state index contributed by atoms with van der Waals surface area (Å²) in [6.45, 7) is 3.80. The van der Waals surface area contributed by atoms with Crippen LogP contribution < -0.4 is 0 Å². The predicted molar refractivity (Wildman–Crippen MR) is 66.2 cm³/mol. The topological polar surface area (TPSA) is 0 Å². The number of allylic oxidation sites excluding steroid dienone is 1. The predicted octanol–water partition coefficient (Wildman–Crippen LogP) is 4.46. The van der Waals surface area contributed by atoms with E-state index >= 15 is 0 Å². The van der Waals surface area contributed by atoms with Gasteiger partial charge in [-0.2, -0.15) is 0 Å². The normalized spacial score (nSPS) is 17.6. The first kappa shape index (κ1) is 10.5. The van der Waals surface area contributed by atoms with Crippen molar-refractivity contribution in [1.29, 1.82) is 0 Å². The fourth-order valence-corrected chi connectivity index (χ4v) is 2.58. The number of benzene rings is 1. The number of hydrogen-bond acceptors (Lipinski definition) is 0. The zero-order chi connectivity index (χ0) is 10.5. The highest BCUT2D eigenvalue weighted by Crippen LogP contribution is 2.32. The van der Waals surface area contributed by atoms with Gasteiger partial charge in [-0.1, -0.05) is 49.6 Å². The van der Waals surface area contributed by atoms with Crippen molar-refractivity contribution in [3.8, 4) is 0 Å². The van der Waals surface area contributed by atoms with Crippen molar-refractivity contribution in [2.24, 2.45) is 0 Å². The maximum Gasteiger partial charge on any atom is -0.0100 e. The molecular weight excluding hydrogens is 180 g/mol. The molecular formula is C15H20. The van der Waals surface area contributed by atoms with E-state index in [4.69, 9.17) is 0 Å². The van der Waals surface area contributed by atoms with Crippen LogP contribution in [0.25, 0.3) is 0 Å². The Morgan fingerprint density at radius 1 is 1.20 bits per heavy atom. The lowest BCUT2D eigenvalue weighted by molar-refractivity contribution is 0.443. The van der Waals surface area contributed by atoms with E-state index in [2.05, 4.69) is 30.8 Å². The molecule has 0 atom stereocenters. The molecule has 15 heavy (non-hydrogen) atoms. The molecule has 1 fully saturated rings. The van der Waals surface area contributed by atoms with Crippen molar-refractivity contribution in [3.63, 3.8) is 0 Å². The fraction of sp³-hybridized carbons (Fsp3) is 0.467. The van der Waals surface area contributed by atoms with Gasteiger partial charge in [0.15, 0.2) is 0 Å². The van der Waals surface area contributed by atoms with Gasteiger partial charge >= 0.3 is 0 Å². The summed E-state index contributed by atoms with van der Waals surface area (Å²) in [5.41, 5.74) is 2.96. The van der Waals surface area contributed by atoms with Gasteiger partial charge in [0.05, 0.1) is 0 Å². The van der Waals surface area contributed by atoms with Crippen LogP contribution in [-0.2, 0) is 6.42 Å². The maximum atomic E-state index is 3.80. The van der Waals surface area contributed by atoms with Crippen LogP contribution in [-0.4, -0.2) is 0 Å². The average Bonchev–Trinajstić information content (AvgIpc) is 2.31. The lowest BCUT2D eigenvalue weighted by Crippen LogP contribution is -2.04. The molecule has 0 nitrogen and oxygen atoms in total. The molecule has 0 bridgehead atoms. The highest BCUT2D eigenvalue weighted by Gasteiger charge is 2.15. The van der Waals surface area contributed by atoms with Crippen LogP contribution in [0.3, 0.4) is 0 Å². The Hall–Kier alpha value is -1.04. The Kier molecular flexibility index (Phi) is 3.60. The van der Waals surface area contributed by atoms with Gasteiger partial charge in [0.1, 0.15) is 0 Å². The molecule has 0 spiro atoms. The molecule has 80 valence electrons. The van der Waals surface area contributed by atoms with Crippen LogP contribution in [0.2, 0.25) is 0 Å². The SMILES string of the molecule is C=CCc1cccc(C2CCCCC2)c1. The fourth-order valence-electron chi connectivity index (χ4n) is 2.58. The average molecular weight is 200 g/mol. The lowest BCUT2D eigenvalue weighted by atomic mass is 9.83. The third kappa shape index (κ3) is 2.71. The molecule has 0 aliphatic heterocycles. The summed E-state index contributed by atoms with van der Waals surface area (Å²) in [6.07, 6.45) is 10.0. The summed E-state index contributed by atoms with van der Waals surface area (Å²) in [5.74, 6) is 0.823. The van der Waals surface area contributed by atoms with Gasteiger partial charge in [0.25, 0.3) is 0 Å². The van der Waals surface area contributed by atoms with E-state index < -0.39 is 0 Å². The van der Waals surface area contributed by atoms with Crippen LogP contribution in [0.1, 0.15) is 49.1 Å². The van der Waals surface area contributed by atoms with E-state index in [0.29, 0.717) is 0 Å². The van der Waals surface area contributed by atoms with Gasteiger partial charge < -0.3 is 0 Å². The van der Waals surface area contributed by atoms with Crippen LogP contribution in [0, 0.1) is 0 Å². The molecule has 1 aromatic carbocycles. The minimum Gasteiger partial charge on any atom is -0.103 e. The zero-order valence-corrected chi connectivity index (χ0v) is 9.41. The van der Waals surface area contributed by atoms with Crippen LogP contribution >= 0.6 is 0 Å². The molecule has 0 aromatic heterocycles. The molecule has 0 unspecified atom stereocenters. The van der Waals surface area contributed by atoms with E-state index in [1.807, 2.05) is 6.08 Å². The Labute approximate surface area is 93.0 Å². The van der Waals surface area contributed by atoms with E-state index in [9.17, 15) is 0 Å². The van der Waals surface area contributed by atoms with Gasteiger partial charge in [-0.05, 0) is 36.3 Å². The van der Waals surface area contributed by atoms with Crippen molar-refractivity contribution in [2.45, 2.75) is 44.4 Å². The first-order valence-electron chi connectivity index (χ1n) is 6.10. The molecule has 0 amide bonds. The van der Waals surface area contributed by atoms with Gasteiger partial charge in [0, 0.05) is 0 Å². The summed E-state index contributed by atoms with van der Waals surface area (Å²) < 4.78 is 0. The molecule has 0 heteroatoms. The smallest absolute Gasteiger partial charge is 0.0100 e. The van der Waals surface area contributed by atoms with Crippen molar-refractivity contribution >= 4 is 0 Å². The van der Waals surface area contributed by atoms with Crippen LogP contribution in [0.4, 0.5) is 0 Å². The monoisotopic (exact) mass is 200 g/mol. The third-order valence-corrected chi connectivity index (χ3v) is 3.41. The summed E-state index contributed by atoms with van der Waals surface area (Å²) in [7, 11) is 0. The summed E-state index contributed by atoms with van der Waals surface area (Å²) in [5, 5.41) is 0. The van der Waals surface area contributed by atoms with Crippen molar-refractivity contribution in [1.82, 2.24) is 0 Å². The highest BCUT2D eigenvalue weighted by atomic mass is 14.2. The standard InChI is InChI=1S/C15H20/c1-2-7-13-8-6-11-15(12-13)14-9-4-3-5-10-14/h2,6,8,11-12,14H,1,3-5,7,9-10H2. The van der Waals surface area contributed by atoms with Gasteiger partial charge in [0.2, 0.25) is 0 Å². The Balaban J connectivity index is 2.12. The highest BCUT2D eigenvalue weighted by molar-refractivity contribution is 5.27. The Morgan fingerprint density at radius 2 is 2.00 bits per heavy atom. The Morgan fingerprint density at radius 3 is 2.73 bits per heavy atom. The zero-order valence-electron chi connectivity index (χ0n) is 9.41. The Bertz CT molecular complexity index is 319. The number of hydrogen-bond donors (Lipinski definition) is 0. The van der Waals surface area contributed by atoms with E-state index in [0.717, 1.165) is 12.3 Å². The molecule has 2 rings (SSSR count). The molecule has 0 heterocycles. The van der Waals surface area contributed by atoms with Crippen molar-refractivity contribution < 1.29 is 0 Å². The molecule has 1 aliphatic carbocycles. The van der Waals surface area contributed by atoms with Crippen LogP contribution in [0.5, 0.6) is 0 Å². The maximum absolute atomic E-state index is 3.80. The third-order valence-electron chi connectivity index (χ3n) is 3.41. The van der Waals surface area contributed by atoms with Gasteiger partial charge in [-0.15, -0.1) is 6.58 Å². The molecule has 1 aliphatic rings. The van der Waals surface area contributed by atoms with Crippen LogP contribution in [0.15, 0.2) is 36.9 Å². The molecule has 0 saturated heterocycles. The van der Waals surface area contributed by atoms with Gasteiger partial charge in [-0.25, -0.2) is 0 Å². The van der Waals surface area contributed by atoms with Crippen molar-refractivity contribution in [2.75, 3.05) is 0 Å². The summed E-state index contributed by atoms with van der Waals surface area (Å²) >= 11 is 0. The molecule has 1 aromatic rings. The first-order valence-corrected chi connectivity index (χ1v) is 6.10.